The van der Waals surface area contributed by atoms with Crippen molar-refractivity contribution in [2.75, 3.05) is 17.2 Å². The summed E-state index contributed by atoms with van der Waals surface area (Å²) in [5.74, 6) is 0.755. The Morgan fingerprint density at radius 1 is 1.48 bits per heavy atom. The number of thioether (sulfide) groups is 1. The number of amides is 1. The fourth-order valence-corrected chi connectivity index (χ4v) is 4.43. The van der Waals surface area contributed by atoms with Gasteiger partial charge in [0.25, 0.3) is 0 Å². The van der Waals surface area contributed by atoms with Gasteiger partial charge < -0.3 is 4.90 Å². The van der Waals surface area contributed by atoms with E-state index in [0.717, 1.165) is 17.1 Å². The lowest BCUT2D eigenvalue weighted by Crippen LogP contribution is -2.34. The number of rotatable bonds is 4. The monoisotopic (exact) mass is 328 g/mol. The molecule has 0 fully saturated rings. The van der Waals surface area contributed by atoms with Crippen molar-refractivity contribution in [1.82, 2.24) is 4.72 Å². The molecule has 0 aliphatic carbocycles. The Kier molecular flexibility index (Phi) is 4.95. The highest BCUT2D eigenvalue weighted by Crippen LogP contribution is 2.36. The van der Waals surface area contributed by atoms with Gasteiger partial charge in [0.15, 0.2) is 0 Å². The van der Waals surface area contributed by atoms with Crippen LogP contribution in [0, 0.1) is 0 Å². The molecule has 1 heterocycles. The number of carbonyl (C=O) groups is 1. The quantitative estimate of drug-likeness (QED) is 0.920. The van der Waals surface area contributed by atoms with Gasteiger partial charge >= 0.3 is 0 Å². The SMILES string of the molecule is CCC(C)NS(=O)(=O)c1ccc2c(c1)N(C(C)=O)CCS2. The third kappa shape index (κ3) is 3.59. The average Bonchev–Trinajstić information content (AvgIpc) is 2.45. The number of anilines is 1. The largest absolute Gasteiger partial charge is 0.311 e. The number of sulfonamides is 1. The first-order chi connectivity index (χ1) is 9.85. The molecule has 0 radical (unpaired) electrons. The number of benzene rings is 1. The van der Waals surface area contributed by atoms with Gasteiger partial charge in [-0.25, -0.2) is 13.1 Å². The Labute approximate surface area is 130 Å². The summed E-state index contributed by atoms with van der Waals surface area (Å²) in [5, 5.41) is 0. The van der Waals surface area contributed by atoms with Crippen LogP contribution in [-0.2, 0) is 14.8 Å². The van der Waals surface area contributed by atoms with Crippen LogP contribution < -0.4 is 9.62 Å². The van der Waals surface area contributed by atoms with E-state index in [2.05, 4.69) is 4.72 Å². The van der Waals surface area contributed by atoms with E-state index < -0.39 is 10.0 Å². The molecule has 0 saturated carbocycles. The molecule has 1 aromatic carbocycles. The lowest BCUT2D eigenvalue weighted by Gasteiger charge is -2.28. The highest BCUT2D eigenvalue weighted by atomic mass is 32.2. The van der Waals surface area contributed by atoms with Gasteiger partial charge in [0.1, 0.15) is 0 Å². The molecule has 0 aromatic heterocycles. The van der Waals surface area contributed by atoms with Gasteiger partial charge in [-0.3, -0.25) is 4.79 Å². The minimum absolute atomic E-state index is 0.0685. The van der Waals surface area contributed by atoms with E-state index in [0.29, 0.717) is 12.2 Å². The Bertz CT molecular complexity index is 644. The summed E-state index contributed by atoms with van der Waals surface area (Å²) in [7, 11) is -3.55. The van der Waals surface area contributed by atoms with Gasteiger partial charge in [-0.2, -0.15) is 0 Å². The molecular weight excluding hydrogens is 308 g/mol. The summed E-state index contributed by atoms with van der Waals surface area (Å²) in [6.45, 7) is 5.86. The lowest BCUT2D eigenvalue weighted by molar-refractivity contribution is -0.116. The maximum atomic E-state index is 12.3. The van der Waals surface area contributed by atoms with E-state index in [-0.39, 0.29) is 16.8 Å². The Morgan fingerprint density at radius 3 is 2.81 bits per heavy atom. The van der Waals surface area contributed by atoms with Gasteiger partial charge in [-0.05, 0) is 31.5 Å². The minimum atomic E-state index is -3.55. The van der Waals surface area contributed by atoms with Gasteiger partial charge in [-0.15, -0.1) is 11.8 Å². The van der Waals surface area contributed by atoms with Crippen LogP contribution in [0.5, 0.6) is 0 Å². The van der Waals surface area contributed by atoms with Crippen LogP contribution in [0.3, 0.4) is 0 Å². The van der Waals surface area contributed by atoms with Crippen molar-refractivity contribution in [2.24, 2.45) is 0 Å². The normalized spacial score (nSPS) is 16.4. The molecule has 1 N–H and O–H groups in total. The molecule has 1 aromatic rings. The molecule has 7 heteroatoms. The standard InChI is InChI=1S/C14H20N2O3S2/c1-4-10(2)15-21(18,19)12-5-6-14-13(9-12)16(11(3)17)7-8-20-14/h5-6,9-10,15H,4,7-8H2,1-3H3. The third-order valence-corrected chi connectivity index (χ3v) is 6.08. The summed E-state index contributed by atoms with van der Waals surface area (Å²) < 4.78 is 27.3. The fourth-order valence-electron chi connectivity index (χ4n) is 2.11. The summed E-state index contributed by atoms with van der Waals surface area (Å²) in [6, 6.07) is 4.85. The number of carbonyl (C=O) groups excluding carboxylic acids is 1. The molecule has 1 unspecified atom stereocenters. The summed E-state index contributed by atoms with van der Waals surface area (Å²) in [5.41, 5.74) is 0.686. The molecule has 1 atom stereocenters. The average molecular weight is 328 g/mol. The van der Waals surface area contributed by atoms with Crippen molar-refractivity contribution >= 4 is 33.4 Å². The molecule has 116 valence electrons. The van der Waals surface area contributed by atoms with E-state index in [1.807, 2.05) is 13.8 Å². The second-order valence-electron chi connectivity index (χ2n) is 5.08. The smallest absolute Gasteiger partial charge is 0.240 e. The van der Waals surface area contributed by atoms with Crippen molar-refractivity contribution in [3.8, 4) is 0 Å². The number of hydrogen-bond acceptors (Lipinski definition) is 4. The molecule has 0 bridgehead atoms. The highest BCUT2D eigenvalue weighted by Gasteiger charge is 2.24. The van der Waals surface area contributed by atoms with Gasteiger partial charge in [0.2, 0.25) is 15.9 Å². The summed E-state index contributed by atoms with van der Waals surface area (Å²) in [6.07, 6.45) is 0.722. The first-order valence-electron chi connectivity index (χ1n) is 6.92. The molecule has 1 aliphatic rings. The summed E-state index contributed by atoms with van der Waals surface area (Å²) in [4.78, 5) is 14.5. The van der Waals surface area contributed by atoms with Crippen molar-refractivity contribution < 1.29 is 13.2 Å². The van der Waals surface area contributed by atoms with Crippen LogP contribution in [0.25, 0.3) is 0 Å². The maximum absolute atomic E-state index is 12.3. The predicted molar refractivity (Wildman–Crippen MR) is 85.3 cm³/mol. The fraction of sp³-hybridized carbons (Fsp3) is 0.500. The molecule has 5 nitrogen and oxygen atoms in total. The van der Waals surface area contributed by atoms with Crippen LogP contribution in [0.2, 0.25) is 0 Å². The zero-order chi connectivity index (χ0) is 15.6. The van der Waals surface area contributed by atoms with Crippen LogP contribution in [0.1, 0.15) is 27.2 Å². The van der Waals surface area contributed by atoms with Crippen molar-refractivity contribution in [3.63, 3.8) is 0 Å². The minimum Gasteiger partial charge on any atom is -0.311 e. The van der Waals surface area contributed by atoms with Crippen molar-refractivity contribution in [2.45, 2.75) is 43.0 Å². The molecule has 0 spiro atoms. The zero-order valence-electron chi connectivity index (χ0n) is 12.4. The number of nitrogens with one attached hydrogen (secondary N) is 1. The van der Waals surface area contributed by atoms with Crippen molar-refractivity contribution in [3.05, 3.63) is 18.2 Å². The van der Waals surface area contributed by atoms with E-state index in [9.17, 15) is 13.2 Å². The Balaban J connectivity index is 2.40. The second-order valence-corrected chi connectivity index (χ2v) is 7.93. The number of fused-ring (bicyclic) bond motifs is 1. The third-order valence-electron chi connectivity index (χ3n) is 3.45. The number of nitrogens with zero attached hydrogens (tertiary/aromatic N) is 1. The highest BCUT2D eigenvalue weighted by molar-refractivity contribution is 7.99. The first-order valence-corrected chi connectivity index (χ1v) is 9.39. The summed E-state index contributed by atoms with van der Waals surface area (Å²) >= 11 is 1.64. The molecular formula is C14H20N2O3S2. The van der Waals surface area contributed by atoms with Crippen LogP contribution >= 0.6 is 11.8 Å². The van der Waals surface area contributed by atoms with E-state index >= 15 is 0 Å². The van der Waals surface area contributed by atoms with Gasteiger partial charge in [0, 0.05) is 30.2 Å². The molecule has 2 rings (SSSR count). The maximum Gasteiger partial charge on any atom is 0.240 e. The second kappa shape index (κ2) is 6.37. The first kappa shape index (κ1) is 16.3. The van der Waals surface area contributed by atoms with E-state index in [1.54, 1.807) is 34.9 Å². The van der Waals surface area contributed by atoms with Crippen LogP contribution in [-0.4, -0.2) is 32.7 Å². The molecule has 1 amide bonds. The number of hydrogen-bond donors (Lipinski definition) is 1. The topological polar surface area (TPSA) is 66.5 Å². The lowest BCUT2D eigenvalue weighted by atomic mass is 10.2. The molecule has 1 aliphatic heterocycles. The van der Waals surface area contributed by atoms with Crippen LogP contribution in [0.15, 0.2) is 28.0 Å². The van der Waals surface area contributed by atoms with Gasteiger partial charge in [-0.1, -0.05) is 6.92 Å². The predicted octanol–water partition coefficient (Wildman–Crippen LogP) is 2.22. The molecule has 21 heavy (non-hydrogen) atoms. The Morgan fingerprint density at radius 2 is 2.19 bits per heavy atom. The zero-order valence-corrected chi connectivity index (χ0v) is 14.1. The van der Waals surface area contributed by atoms with E-state index in [1.165, 1.54) is 6.92 Å². The van der Waals surface area contributed by atoms with Gasteiger partial charge in [0.05, 0.1) is 10.6 Å². The van der Waals surface area contributed by atoms with Crippen LogP contribution in [0.4, 0.5) is 5.69 Å². The van der Waals surface area contributed by atoms with E-state index in [4.69, 9.17) is 0 Å². The molecule has 0 saturated heterocycles. The van der Waals surface area contributed by atoms with Crippen molar-refractivity contribution in [1.29, 1.82) is 0 Å². The Hall–Kier alpha value is -1.05.